The van der Waals surface area contributed by atoms with E-state index in [1.165, 1.54) is 38.2 Å². The summed E-state index contributed by atoms with van der Waals surface area (Å²) in [6.45, 7) is 13.7. The number of unbranched alkanes of at least 4 members (excludes halogenated alkanes) is 2. The van der Waals surface area contributed by atoms with E-state index >= 15 is 0 Å². The number of benzene rings is 1. The SMILES string of the molecule is CCC(C)(C)CCCCc1c(O)cc(O)cc1CCCCC(C)(C)C. The zero-order valence-corrected chi connectivity index (χ0v) is 17.4. The Morgan fingerprint density at radius 1 is 0.800 bits per heavy atom. The van der Waals surface area contributed by atoms with Crippen LogP contribution in [0.5, 0.6) is 11.5 Å². The van der Waals surface area contributed by atoms with Gasteiger partial charge >= 0.3 is 0 Å². The van der Waals surface area contributed by atoms with Crippen LogP contribution in [0, 0.1) is 10.8 Å². The molecule has 1 aromatic rings. The lowest BCUT2D eigenvalue weighted by Gasteiger charge is -2.22. The largest absolute Gasteiger partial charge is 0.508 e. The Morgan fingerprint density at radius 2 is 1.40 bits per heavy atom. The van der Waals surface area contributed by atoms with E-state index in [0.29, 0.717) is 10.8 Å². The number of hydrogen-bond acceptors (Lipinski definition) is 2. The predicted molar refractivity (Wildman–Crippen MR) is 108 cm³/mol. The molecule has 2 N–H and O–H groups in total. The molecular weight excluding hydrogens is 308 g/mol. The minimum Gasteiger partial charge on any atom is -0.508 e. The highest BCUT2D eigenvalue weighted by atomic mass is 16.3. The van der Waals surface area contributed by atoms with Crippen molar-refractivity contribution in [2.45, 2.75) is 99.3 Å². The minimum atomic E-state index is 0.180. The Balaban J connectivity index is 2.62. The van der Waals surface area contributed by atoms with Gasteiger partial charge in [-0.15, -0.1) is 0 Å². The van der Waals surface area contributed by atoms with Crippen LogP contribution in [0.15, 0.2) is 12.1 Å². The van der Waals surface area contributed by atoms with Crippen molar-refractivity contribution < 1.29 is 10.2 Å². The Hall–Kier alpha value is -1.18. The third-order valence-corrected chi connectivity index (χ3v) is 5.41. The fourth-order valence-electron chi connectivity index (χ4n) is 3.26. The van der Waals surface area contributed by atoms with E-state index in [0.717, 1.165) is 36.8 Å². The van der Waals surface area contributed by atoms with Crippen molar-refractivity contribution in [3.8, 4) is 11.5 Å². The second-order valence-electron chi connectivity index (χ2n) is 9.60. The van der Waals surface area contributed by atoms with Gasteiger partial charge in [0.25, 0.3) is 0 Å². The van der Waals surface area contributed by atoms with Gasteiger partial charge in [-0.25, -0.2) is 0 Å². The molecule has 0 spiro atoms. The van der Waals surface area contributed by atoms with Gasteiger partial charge in [0.05, 0.1) is 0 Å². The number of phenolic OH excluding ortho intramolecular Hbond substituents is 2. The van der Waals surface area contributed by atoms with E-state index in [4.69, 9.17) is 0 Å². The number of hydrogen-bond donors (Lipinski definition) is 2. The molecule has 25 heavy (non-hydrogen) atoms. The van der Waals surface area contributed by atoms with Crippen LogP contribution in [0.25, 0.3) is 0 Å². The molecular formula is C23H40O2. The second kappa shape index (κ2) is 9.50. The van der Waals surface area contributed by atoms with Crippen molar-refractivity contribution in [1.82, 2.24) is 0 Å². The average molecular weight is 349 g/mol. The van der Waals surface area contributed by atoms with Gasteiger partial charge in [0.1, 0.15) is 11.5 Å². The first kappa shape index (κ1) is 21.9. The van der Waals surface area contributed by atoms with E-state index in [9.17, 15) is 10.2 Å². The topological polar surface area (TPSA) is 40.5 Å². The van der Waals surface area contributed by atoms with E-state index in [1.54, 1.807) is 0 Å². The van der Waals surface area contributed by atoms with Crippen molar-refractivity contribution in [2.75, 3.05) is 0 Å². The number of aryl methyl sites for hydroxylation is 1. The van der Waals surface area contributed by atoms with Crippen LogP contribution in [0.4, 0.5) is 0 Å². The summed E-state index contributed by atoms with van der Waals surface area (Å²) < 4.78 is 0. The molecule has 2 heteroatoms. The highest BCUT2D eigenvalue weighted by molar-refractivity contribution is 5.45. The Bertz CT molecular complexity index is 524. The van der Waals surface area contributed by atoms with Crippen molar-refractivity contribution >= 4 is 0 Å². The summed E-state index contributed by atoms with van der Waals surface area (Å²) in [4.78, 5) is 0. The maximum atomic E-state index is 10.3. The van der Waals surface area contributed by atoms with Gasteiger partial charge in [-0.3, -0.25) is 0 Å². The number of phenols is 2. The average Bonchev–Trinajstić information content (AvgIpc) is 2.48. The van der Waals surface area contributed by atoms with E-state index in [2.05, 4.69) is 41.5 Å². The first-order valence-electron chi connectivity index (χ1n) is 10.1. The first-order valence-corrected chi connectivity index (χ1v) is 10.1. The third kappa shape index (κ3) is 8.65. The van der Waals surface area contributed by atoms with Crippen LogP contribution in [-0.2, 0) is 12.8 Å². The highest BCUT2D eigenvalue weighted by Crippen LogP contribution is 2.32. The molecule has 0 amide bonds. The fraction of sp³-hybridized carbons (Fsp3) is 0.739. The molecule has 0 unspecified atom stereocenters. The Morgan fingerprint density at radius 3 is 2.00 bits per heavy atom. The zero-order valence-electron chi connectivity index (χ0n) is 17.4. The van der Waals surface area contributed by atoms with Crippen LogP contribution in [0.2, 0.25) is 0 Å². The first-order chi connectivity index (χ1) is 11.5. The Kier molecular flexibility index (Phi) is 8.31. The monoisotopic (exact) mass is 348 g/mol. The van der Waals surface area contributed by atoms with Gasteiger partial charge < -0.3 is 10.2 Å². The van der Waals surface area contributed by atoms with Crippen LogP contribution >= 0.6 is 0 Å². The molecule has 1 rings (SSSR count). The third-order valence-electron chi connectivity index (χ3n) is 5.41. The van der Waals surface area contributed by atoms with Crippen LogP contribution in [0.1, 0.15) is 97.6 Å². The van der Waals surface area contributed by atoms with Crippen LogP contribution in [-0.4, -0.2) is 10.2 Å². The van der Waals surface area contributed by atoms with Crippen LogP contribution in [0.3, 0.4) is 0 Å². The molecule has 0 aliphatic carbocycles. The molecule has 0 saturated carbocycles. The summed E-state index contributed by atoms with van der Waals surface area (Å²) in [5.41, 5.74) is 2.95. The molecule has 2 nitrogen and oxygen atoms in total. The van der Waals surface area contributed by atoms with E-state index < -0.39 is 0 Å². The lowest BCUT2D eigenvalue weighted by molar-refractivity contribution is 0.309. The molecule has 0 saturated heterocycles. The van der Waals surface area contributed by atoms with Gasteiger partial charge in [0.15, 0.2) is 0 Å². The molecule has 0 bridgehead atoms. The summed E-state index contributed by atoms with van der Waals surface area (Å²) in [6, 6.07) is 3.34. The number of aromatic hydroxyl groups is 2. The molecule has 0 heterocycles. The predicted octanol–water partition coefficient (Wildman–Crippen LogP) is 7.01. The van der Waals surface area contributed by atoms with E-state index in [1.807, 2.05) is 6.07 Å². The van der Waals surface area contributed by atoms with E-state index in [-0.39, 0.29) is 11.5 Å². The summed E-state index contributed by atoms with van der Waals surface area (Å²) >= 11 is 0. The molecule has 0 fully saturated rings. The fourth-order valence-corrected chi connectivity index (χ4v) is 3.26. The molecule has 144 valence electrons. The summed E-state index contributed by atoms with van der Waals surface area (Å²) in [6.07, 6.45) is 10.1. The summed E-state index contributed by atoms with van der Waals surface area (Å²) in [5, 5.41) is 20.2. The summed E-state index contributed by atoms with van der Waals surface area (Å²) in [7, 11) is 0. The van der Waals surface area contributed by atoms with Gasteiger partial charge in [-0.2, -0.15) is 0 Å². The lowest BCUT2D eigenvalue weighted by atomic mass is 9.84. The van der Waals surface area contributed by atoms with Crippen molar-refractivity contribution in [1.29, 1.82) is 0 Å². The maximum absolute atomic E-state index is 10.3. The Labute approximate surface area is 155 Å². The normalized spacial score (nSPS) is 12.6. The maximum Gasteiger partial charge on any atom is 0.122 e. The van der Waals surface area contributed by atoms with Crippen LogP contribution < -0.4 is 0 Å². The van der Waals surface area contributed by atoms with Crippen molar-refractivity contribution in [2.24, 2.45) is 10.8 Å². The molecule has 0 atom stereocenters. The summed E-state index contributed by atoms with van der Waals surface area (Å²) in [5.74, 6) is 0.444. The van der Waals surface area contributed by atoms with Crippen molar-refractivity contribution in [3.63, 3.8) is 0 Å². The van der Waals surface area contributed by atoms with Gasteiger partial charge in [-0.05, 0) is 66.5 Å². The quantitative estimate of drug-likeness (QED) is 0.447. The van der Waals surface area contributed by atoms with Gasteiger partial charge in [-0.1, -0.05) is 60.8 Å². The molecule has 0 radical (unpaired) electrons. The smallest absolute Gasteiger partial charge is 0.122 e. The molecule has 1 aromatic carbocycles. The molecule has 0 aliphatic heterocycles. The van der Waals surface area contributed by atoms with Gasteiger partial charge in [0.2, 0.25) is 0 Å². The zero-order chi connectivity index (χ0) is 19.1. The lowest BCUT2D eigenvalue weighted by Crippen LogP contribution is -2.09. The molecule has 0 aromatic heterocycles. The molecule has 0 aliphatic rings. The highest BCUT2D eigenvalue weighted by Gasteiger charge is 2.16. The van der Waals surface area contributed by atoms with Crippen molar-refractivity contribution in [3.05, 3.63) is 23.3 Å². The number of rotatable bonds is 10. The standard InChI is InChI=1S/C23H40O2/c1-7-23(5,6)15-11-9-13-20-18(16-19(24)17-21(20)25)12-8-10-14-22(2,3)4/h16-17,24-25H,7-15H2,1-6H3. The second-order valence-corrected chi connectivity index (χ2v) is 9.60. The minimum absolute atomic E-state index is 0.180. The van der Waals surface area contributed by atoms with Gasteiger partial charge in [0, 0.05) is 6.07 Å².